The Kier molecular flexibility index (Phi) is 5.19. The highest BCUT2D eigenvalue weighted by atomic mass is 35.5. The molecule has 1 aromatic carbocycles. The molecular weight excluding hydrogens is 400 g/mol. The third kappa shape index (κ3) is 3.81. The lowest BCUT2D eigenvalue weighted by Gasteiger charge is -2.06. The van der Waals surface area contributed by atoms with E-state index in [-0.39, 0.29) is 28.1 Å². The van der Waals surface area contributed by atoms with Gasteiger partial charge in [0.2, 0.25) is 0 Å². The largest absolute Gasteiger partial charge is 0.451 e. The SMILES string of the molecule is O=C(NNC(=O)c1cc2c(s1)CCCCC2)c1cc(=O)c2cc(Cl)ccc2o1. The van der Waals surface area contributed by atoms with Gasteiger partial charge in [0.25, 0.3) is 5.91 Å². The number of hydrogen-bond donors (Lipinski definition) is 2. The molecule has 1 aliphatic carbocycles. The number of benzene rings is 1. The number of nitrogens with one attached hydrogen (secondary N) is 2. The van der Waals surface area contributed by atoms with Gasteiger partial charge in [-0.1, -0.05) is 18.0 Å². The van der Waals surface area contributed by atoms with E-state index in [1.165, 1.54) is 40.3 Å². The molecule has 0 radical (unpaired) electrons. The monoisotopic (exact) mass is 416 g/mol. The van der Waals surface area contributed by atoms with Crippen molar-refractivity contribution in [2.75, 3.05) is 0 Å². The molecule has 0 bridgehead atoms. The number of fused-ring (bicyclic) bond motifs is 2. The summed E-state index contributed by atoms with van der Waals surface area (Å²) in [4.78, 5) is 38.7. The van der Waals surface area contributed by atoms with E-state index in [0.29, 0.717) is 9.90 Å². The summed E-state index contributed by atoms with van der Waals surface area (Å²) in [6, 6.07) is 7.54. The topological polar surface area (TPSA) is 88.4 Å². The molecule has 0 aliphatic heterocycles. The molecule has 0 saturated heterocycles. The number of carbonyl (C=O) groups is 2. The van der Waals surface area contributed by atoms with E-state index in [0.717, 1.165) is 31.7 Å². The normalized spacial score (nSPS) is 13.6. The van der Waals surface area contributed by atoms with Crippen molar-refractivity contribution in [1.29, 1.82) is 0 Å². The molecule has 144 valence electrons. The van der Waals surface area contributed by atoms with E-state index in [2.05, 4.69) is 10.9 Å². The average Bonchev–Trinajstić information content (AvgIpc) is 2.97. The van der Waals surface area contributed by atoms with E-state index in [1.54, 1.807) is 6.07 Å². The van der Waals surface area contributed by atoms with Crippen LogP contribution >= 0.6 is 22.9 Å². The summed E-state index contributed by atoms with van der Waals surface area (Å²) in [5.74, 6) is -1.29. The Morgan fingerprint density at radius 1 is 1.00 bits per heavy atom. The first-order valence-electron chi connectivity index (χ1n) is 8.97. The third-order valence-electron chi connectivity index (χ3n) is 4.67. The van der Waals surface area contributed by atoms with Gasteiger partial charge in [-0.15, -0.1) is 11.3 Å². The zero-order chi connectivity index (χ0) is 19.7. The molecule has 6 nitrogen and oxygen atoms in total. The van der Waals surface area contributed by atoms with Crippen LogP contribution in [0.5, 0.6) is 0 Å². The molecule has 2 aromatic heterocycles. The lowest BCUT2D eigenvalue weighted by atomic mass is 10.1. The van der Waals surface area contributed by atoms with Crippen molar-refractivity contribution in [2.45, 2.75) is 32.1 Å². The zero-order valence-corrected chi connectivity index (χ0v) is 16.4. The summed E-state index contributed by atoms with van der Waals surface area (Å²) in [7, 11) is 0. The van der Waals surface area contributed by atoms with E-state index in [1.807, 2.05) is 6.07 Å². The summed E-state index contributed by atoms with van der Waals surface area (Å²) < 4.78 is 5.46. The van der Waals surface area contributed by atoms with Gasteiger partial charge in [-0.05, 0) is 55.5 Å². The summed E-state index contributed by atoms with van der Waals surface area (Å²) in [6.45, 7) is 0. The molecule has 4 rings (SSSR count). The van der Waals surface area contributed by atoms with Crippen molar-refractivity contribution in [2.24, 2.45) is 0 Å². The molecule has 1 aliphatic rings. The molecular formula is C20H17ClN2O4S. The van der Waals surface area contributed by atoms with Gasteiger partial charge in [0.05, 0.1) is 10.3 Å². The highest BCUT2D eigenvalue weighted by molar-refractivity contribution is 7.14. The van der Waals surface area contributed by atoms with Gasteiger partial charge in [-0.3, -0.25) is 25.2 Å². The van der Waals surface area contributed by atoms with Crippen LogP contribution in [0.1, 0.15) is 49.9 Å². The fraction of sp³-hybridized carbons (Fsp3) is 0.250. The standard InChI is InChI=1S/C20H17ClN2O4S/c21-12-6-7-15-13(9-12)14(24)10-16(27-15)19(25)22-23-20(26)18-8-11-4-2-1-3-5-17(11)28-18/h6-10H,1-5H2,(H,22,25)(H,23,26). The second-order valence-corrected chi connectivity index (χ2v) is 8.22. The number of amides is 2. The number of rotatable bonds is 2. The van der Waals surface area contributed by atoms with Crippen LogP contribution in [0.2, 0.25) is 5.02 Å². The summed E-state index contributed by atoms with van der Waals surface area (Å²) in [5.41, 5.74) is 5.77. The quantitative estimate of drug-likeness (QED) is 0.490. The minimum absolute atomic E-state index is 0.193. The maximum atomic E-state index is 12.4. The van der Waals surface area contributed by atoms with Gasteiger partial charge < -0.3 is 4.42 Å². The van der Waals surface area contributed by atoms with Crippen molar-refractivity contribution in [3.63, 3.8) is 0 Å². The second-order valence-electron chi connectivity index (χ2n) is 6.64. The Bertz CT molecular complexity index is 1110. The van der Waals surface area contributed by atoms with E-state index < -0.39 is 5.91 Å². The van der Waals surface area contributed by atoms with E-state index in [9.17, 15) is 14.4 Å². The predicted molar refractivity (Wildman–Crippen MR) is 108 cm³/mol. The van der Waals surface area contributed by atoms with E-state index in [4.69, 9.17) is 16.0 Å². The van der Waals surface area contributed by atoms with Crippen molar-refractivity contribution in [1.82, 2.24) is 10.9 Å². The molecule has 0 fully saturated rings. The van der Waals surface area contributed by atoms with Crippen molar-refractivity contribution >= 4 is 45.7 Å². The minimum Gasteiger partial charge on any atom is -0.451 e. The lowest BCUT2D eigenvalue weighted by molar-refractivity contribution is 0.0833. The molecule has 0 atom stereocenters. The smallest absolute Gasteiger partial charge is 0.305 e. The molecule has 3 aromatic rings. The lowest BCUT2D eigenvalue weighted by Crippen LogP contribution is -2.41. The number of thiophene rings is 1. The van der Waals surface area contributed by atoms with Crippen molar-refractivity contribution in [3.05, 3.63) is 66.7 Å². The Labute approximate surface area is 169 Å². The number of aryl methyl sites for hydroxylation is 2. The highest BCUT2D eigenvalue weighted by Gasteiger charge is 2.18. The van der Waals surface area contributed by atoms with Crippen LogP contribution < -0.4 is 16.3 Å². The summed E-state index contributed by atoms with van der Waals surface area (Å²) in [6.07, 6.45) is 5.46. The first kappa shape index (κ1) is 18.7. The Hall–Kier alpha value is -2.64. The molecule has 2 amide bonds. The van der Waals surface area contributed by atoms with Crippen LogP contribution in [0.4, 0.5) is 0 Å². The van der Waals surface area contributed by atoms with Crippen molar-refractivity contribution in [3.8, 4) is 0 Å². The van der Waals surface area contributed by atoms with Crippen LogP contribution in [0.3, 0.4) is 0 Å². The molecule has 2 heterocycles. The Morgan fingerprint density at radius 3 is 2.64 bits per heavy atom. The molecule has 0 unspecified atom stereocenters. The zero-order valence-electron chi connectivity index (χ0n) is 14.8. The first-order chi connectivity index (χ1) is 13.5. The number of hydrazine groups is 1. The third-order valence-corrected chi connectivity index (χ3v) is 6.14. The molecule has 8 heteroatoms. The van der Waals surface area contributed by atoms with Gasteiger partial charge in [0.1, 0.15) is 5.58 Å². The molecule has 28 heavy (non-hydrogen) atoms. The second kappa shape index (κ2) is 7.77. The average molecular weight is 417 g/mol. The van der Waals surface area contributed by atoms with Gasteiger partial charge in [-0.2, -0.15) is 0 Å². The first-order valence-corrected chi connectivity index (χ1v) is 10.2. The number of carbonyl (C=O) groups excluding carboxylic acids is 2. The fourth-order valence-electron chi connectivity index (χ4n) is 3.26. The minimum atomic E-state index is -0.708. The maximum Gasteiger partial charge on any atom is 0.305 e. The predicted octanol–water partition coefficient (Wildman–Crippen LogP) is 3.85. The maximum absolute atomic E-state index is 12.4. The van der Waals surface area contributed by atoms with Crippen LogP contribution in [-0.4, -0.2) is 11.8 Å². The van der Waals surface area contributed by atoms with Gasteiger partial charge in [0, 0.05) is 16.0 Å². The van der Waals surface area contributed by atoms with E-state index >= 15 is 0 Å². The number of hydrogen-bond acceptors (Lipinski definition) is 5. The highest BCUT2D eigenvalue weighted by Crippen LogP contribution is 2.28. The summed E-state index contributed by atoms with van der Waals surface area (Å²) >= 11 is 7.34. The van der Waals surface area contributed by atoms with Crippen molar-refractivity contribution < 1.29 is 14.0 Å². The molecule has 0 spiro atoms. The number of halogens is 1. The van der Waals surface area contributed by atoms with Crippen LogP contribution in [-0.2, 0) is 12.8 Å². The summed E-state index contributed by atoms with van der Waals surface area (Å²) in [5, 5.41) is 0.687. The Morgan fingerprint density at radius 2 is 1.79 bits per heavy atom. The van der Waals surface area contributed by atoms with Crippen LogP contribution in [0, 0.1) is 0 Å². The fourth-order valence-corrected chi connectivity index (χ4v) is 4.58. The molecule has 2 N–H and O–H groups in total. The van der Waals surface area contributed by atoms with Crippen LogP contribution in [0.25, 0.3) is 11.0 Å². The van der Waals surface area contributed by atoms with Gasteiger partial charge in [-0.25, -0.2) is 0 Å². The Balaban J connectivity index is 1.47. The van der Waals surface area contributed by atoms with Crippen LogP contribution in [0.15, 0.2) is 39.5 Å². The van der Waals surface area contributed by atoms with Gasteiger partial charge in [0.15, 0.2) is 11.2 Å². The van der Waals surface area contributed by atoms with Gasteiger partial charge >= 0.3 is 5.91 Å². The molecule has 0 saturated carbocycles.